The highest BCUT2D eigenvalue weighted by Crippen LogP contribution is 2.34. The fourth-order valence-electron chi connectivity index (χ4n) is 1.58. The third-order valence-corrected chi connectivity index (χ3v) is 4.00. The predicted octanol–water partition coefficient (Wildman–Crippen LogP) is 3.78. The van der Waals surface area contributed by atoms with Gasteiger partial charge in [0.1, 0.15) is 10.8 Å². The second-order valence-corrected chi connectivity index (χ2v) is 5.42. The van der Waals surface area contributed by atoms with Gasteiger partial charge in [0.05, 0.1) is 22.1 Å². The molecule has 2 N–H and O–H groups in total. The zero-order chi connectivity index (χ0) is 15.4. The van der Waals surface area contributed by atoms with Crippen LogP contribution in [0.25, 0.3) is 0 Å². The standard InChI is InChI=1S/C14H12ClFN2O2S/c1-2-20-14(19)8-6-12(10(16)7-11(8)17)21-13-9(15)4-3-5-18-13/h3-7H,2,17H2,1H3. The van der Waals surface area contributed by atoms with Crippen LogP contribution in [-0.4, -0.2) is 17.6 Å². The van der Waals surface area contributed by atoms with Gasteiger partial charge in [0.25, 0.3) is 0 Å². The molecule has 0 unspecified atom stereocenters. The van der Waals surface area contributed by atoms with Crippen molar-refractivity contribution in [2.45, 2.75) is 16.8 Å². The maximum atomic E-state index is 14.0. The number of aromatic nitrogens is 1. The quantitative estimate of drug-likeness (QED) is 0.684. The van der Waals surface area contributed by atoms with Crippen LogP contribution >= 0.6 is 23.4 Å². The monoisotopic (exact) mass is 326 g/mol. The normalized spacial score (nSPS) is 10.4. The van der Waals surface area contributed by atoms with Crippen molar-refractivity contribution in [3.8, 4) is 0 Å². The lowest BCUT2D eigenvalue weighted by Gasteiger charge is -2.09. The molecule has 0 aliphatic heterocycles. The average molecular weight is 327 g/mol. The Balaban J connectivity index is 2.38. The number of carbonyl (C=O) groups excluding carboxylic acids is 1. The molecule has 0 bridgehead atoms. The van der Waals surface area contributed by atoms with E-state index in [0.29, 0.717) is 10.0 Å². The summed E-state index contributed by atoms with van der Waals surface area (Å²) in [6.45, 7) is 1.89. The Morgan fingerprint density at radius 2 is 2.29 bits per heavy atom. The number of anilines is 1. The van der Waals surface area contributed by atoms with Gasteiger partial charge >= 0.3 is 5.97 Å². The summed E-state index contributed by atoms with van der Waals surface area (Å²) in [4.78, 5) is 16.0. The Hall–Kier alpha value is -1.79. The molecule has 4 nitrogen and oxygen atoms in total. The number of benzene rings is 1. The van der Waals surface area contributed by atoms with Crippen molar-refractivity contribution in [2.75, 3.05) is 12.3 Å². The van der Waals surface area contributed by atoms with E-state index in [4.69, 9.17) is 22.1 Å². The number of nitrogens with zero attached hydrogens (tertiary/aromatic N) is 1. The molecule has 0 aliphatic carbocycles. The number of carbonyl (C=O) groups is 1. The highest BCUT2D eigenvalue weighted by Gasteiger charge is 2.17. The minimum absolute atomic E-state index is 0.0300. The lowest BCUT2D eigenvalue weighted by atomic mass is 10.2. The van der Waals surface area contributed by atoms with E-state index in [1.54, 1.807) is 25.3 Å². The summed E-state index contributed by atoms with van der Waals surface area (Å²) in [7, 11) is 0. The molecule has 0 fully saturated rings. The van der Waals surface area contributed by atoms with Gasteiger partial charge in [-0.25, -0.2) is 14.2 Å². The number of ether oxygens (including phenoxy) is 1. The summed E-state index contributed by atoms with van der Waals surface area (Å²) in [5, 5.41) is 0.842. The van der Waals surface area contributed by atoms with E-state index in [2.05, 4.69) is 4.98 Å². The van der Waals surface area contributed by atoms with Gasteiger partial charge in [-0.3, -0.25) is 0 Å². The number of hydrogen-bond acceptors (Lipinski definition) is 5. The summed E-state index contributed by atoms with van der Waals surface area (Å²) in [6, 6.07) is 5.76. The number of hydrogen-bond donors (Lipinski definition) is 1. The predicted molar refractivity (Wildman–Crippen MR) is 80.1 cm³/mol. The average Bonchev–Trinajstić information content (AvgIpc) is 2.44. The zero-order valence-electron chi connectivity index (χ0n) is 11.1. The van der Waals surface area contributed by atoms with Crippen molar-refractivity contribution < 1.29 is 13.9 Å². The lowest BCUT2D eigenvalue weighted by molar-refractivity contribution is 0.0527. The molecule has 1 aromatic heterocycles. The number of halogens is 2. The van der Waals surface area contributed by atoms with E-state index >= 15 is 0 Å². The summed E-state index contributed by atoms with van der Waals surface area (Å²) in [5.74, 6) is -1.14. The number of nitrogens with two attached hydrogens (primary N) is 1. The van der Waals surface area contributed by atoms with Crippen molar-refractivity contribution in [1.82, 2.24) is 4.98 Å². The van der Waals surface area contributed by atoms with Gasteiger partial charge in [-0.15, -0.1) is 0 Å². The maximum Gasteiger partial charge on any atom is 0.340 e. The zero-order valence-corrected chi connectivity index (χ0v) is 12.7. The molecular formula is C14H12ClFN2O2S. The molecule has 2 rings (SSSR count). The SMILES string of the molecule is CCOC(=O)c1cc(Sc2ncccc2Cl)c(F)cc1N. The van der Waals surface area contributed by atoms with Gasteiger partial charge in [-0.1, -0.05) is 23.4 Å². The van der Waals surface area contributed by atoms with Crippen LogP contribution in [0.2, 0.25) is 5.02 Å². The first-order valence-electron chi connectivity index (χ1n) is 6.07. The summed E-state index contributed by atoms with van der Waals surface area (Å²) < 4.78 is 18.9. The first-order chi connectivity index (χ1) is 10.0. The third kappa shape index (κ3) is 3.65. The molecule has 0 spiro atoms. The molecule has 0 saturated carbocycles. The van der Waals surface area contributed by atoms with Crippen molar-refractivity contribution in [1.29, 1.82) is 0 Å². The molecule has 1 heterocycles. The van der Waals surface area contributed by atoms with E-state index in [1.165, 1.54) is 6.07 Å². The Labute approximate surface area is 130 Å². The molecule has 0 atom stereocenters. The molecule has 0 radical (unpaired) electrons. The molecule has 0 saturated heterocycles. The molecule has 21 heavy (non-hydrogen) atoms. The Morgan fingerprint density at radius 3 is 2.95 bits per heavy atom. The van der Waals surface area contributed by atoms with Crippen LogP contribution in [0, 0.1) is 5.82 Å². The number of nitrogen functional groups attached to an aromatic ring is 1. The van der Waals surface area contributed by atoms with Crippen LogP contribution in [0.15, 0.2) is 40.4 Å². The van der Waals surface area contributed by atoms with Crippen LogP contribution in [0.4, 0.5) is 10.1 Å². The number of esters is 1. The third-order valence-electron chi connectivity index (χ3n) is 2.53. The fraction of sp³-hybridized carbons (Fsp3) is 0.143. The molecule has 2 aromatic rings. The summed E-state index contributed by atoms with van der Waals surface area (Å²) in [6.07, 6.45) is 1.55. The van der Waals surface area contributed by atoms with Gasteiger partial charge in [0.2, 0.25) is 0 Å². The van der Waals surface area contributed by atoms with Crippen molar-refractivity contribution in [2.24, 2.45) is 0 Å². The van der Waals surface area contributed by atoms with E-state index < -0.39 is 11.8 Å². The van der Waals surface area contributed by atoms with E-state index in [0.717, 1.165) is 17.8 Å². The first-order valence-corrected chi connectivity index (χ1v) is 7.27. The van der Waals surface area contributed by atoms with Gasteiger partial charge in [-0.2, -0.15) is 0 Å². The lowest BCUT2D eigenvalue weighted by Crippen LogP contribution is -2.08. The van der Waals surface area contributed by atoms with E-state index in [-0.39, 0.29) is 22.8 Å². The number of rotatable bonds is 4. The minimum atomic E-state index is -0.594. The Bertz CT molecular complexity index is 682. The maximum absolute atomic E-state index is 14.0. The van der Waals surface area contributed by atoms with Gasteiger partial charge in [0, 0.05) is 11.9 Å². The van der Waals surface area contributed by atoms with Gasteiger partial charge in [-0.05, 0) is 31.2 Å². The first kappa shape index (κ1) is 15.6. The summed E-state index contributed by atoms with van der Waals surface area (Å²) >= 11 is 7.01. The minimum Gasteiger partial charge on any atom is -0.462 e. The Morgan fingerprint density at radius 1 is 1.52 bits per heavy atom. The molecule has 1 aromatic carbocycles. The number of pyridine rings is 1. The molecular weight excluding hydrogens is 315 g/mol. The smallest absolute Gasteiger partial charge is 0.340 e. The van der Waals surface area contributed by atoms with Crippen LogP contribution in [-0.2, 0) is 4.74 Å². The highest BCUT2D eigenvalue weighted by atomic mass is 35.5. The topological polar surface area (TPSA) is 65.2 Å². The van der Waals surface area contributed by atoms with E-state index in [1.807, 2.05) is 0 Å². The van der Waals surface area contributed by atoms with Crippen molar-refractivity contribution in [3.05, 3.63) is 46.9 Å². The second kappa shape index (κ2) is 6.78. The van der Waals surface area contributed by atoms with Crippen molar-refractivity contribution >= 4 is 35.0 Å². The van der Waals surface area contributed by atoms with Gasteiger partial charge < -0.3 is 10.5 Å². The van der Waals surface area contributed by atoms with Crippen LogP contribution < -0.4 is 5.73 Å². The van der Waals surface area contributed by atoms with Gasteiger partial charge in [0.15, 0.2) is 0 Å². The van der Waals surface area contributed by atoms with Crippen LogP contribution in [0.1, 0.15) is 17.3 Å². The molecule has 110 valence electrons. The van der Waals surface area contributed by atoms with Crippen LogP contribution in [0.5, 0.6) is 0 Å². The summed E-state index contributed by atoms with van der Waals surface area (Å²) in [5.41, 5.74) is 5.80. The van der Waals surface area contributed by atoms with E-state index in [9.17, 15) is 9.18 Å². The molecule has 0 amide bonds. The fourth-order valence-corrected chi connectivity index (χ4v) is 2.64. The highest BCUT2D eigenvalue weighted by molar-refractivity contribution is 7.99. The van der Waals surface area contributed by atoms with Crippen molar-refractivity contribution in [3.63, 3.8) is 0 Å². The second-order valence-electron chi connectivity index (χ2n) is 3.98. The largest absolute Gasteiger partial charge is 0.462 e. The van der Waals surface area contributed by atoms with Crippen LogP contribution in [0.3, 0.4) is 0 Å². The molecule has 0 aliphatic rings. The Kier molecular flexibility index (Phi) is 5.03. The molecule has 7 heteroatoms.